The molecule has 1 aromatic heterocycles. The summed E-state index contributed by atoms with van der Waals surface area (Å²) in [4.78, 5) is 0. The van der Waals surface area contributed by atoms with Crippen LogP contribution in [-0.2, 0) is 15.6 Å². The molecule has 0 radical (unpaired) electrons. The predicted octanol–water partition coefficient (Wildman–Crippen LogP) is 2.31. The zero-order valence-corrected chi connectivity index (χ0v) is 13.8. The van der Waals surface area contributed by atoms with Crippen LogP contribution in [-0.4, -0.2) is 23.2 Å². The number of nitrogens with zero attached hydrogens (tertiary/aromatic N) is 3. The van der Waals surface area contributed by atoms with Crippen molar-refractivity contribution in [3.8, 4) is 11.4 Å². The Morgan fingerprint density at radius 2 is 1.86 bits per heavy atom. The van der Waals surface area contributed by atoms with Crippen molar-refractivity contribution in [2.75, 3.05) is 0 Å². The Morgan fingerprint density at radius 1 is 1.24 bits per heavy atom. The maximum Gasteiger partial charge on any atom is 0.273 e. The van der Waals surface area contributed by atoms with Crippen LogP contribution in [0, 0.1) is 6.92 Å². The Balaban J connectivity index is 2.83. The Morgan fingerprint density at radius 3 is 2.38 bits per heavy atom. The van der Waals surface area contributed by atoms with Gasteiger partial charge in [0.25, 0.3) is 15.2 Å². The number of sulfonamides is 1. The maximum absolute atomic E-state index is 11.7. The van der Waals surface area contributed by atoms with E-state index in [0.29, 0.717) is 10.8 Å². The molecular weight excluding hydrogens is 312 g/mol. The molecule has 2 rings (SSSR count). The highest BCUT2D eigenvalue weighted by Gasteiger charge is 2.29. The third kappa shape index (κ3) is 3.09. The van der Waals surface area contributed by atoms with Gasteiger partial charge in [0.1, 0.15) is 0 Å². The van der Waals surface area contributed by atoms with E-state index in [1.165, 1.54) is 4.57 Å². The standard InChI is InChI=1S/C13H17ClN4O2S/c1-8-5-6-9(14)7-10(8)11-16-17-12(21(15,19)20)18(11)13(2,3)4/h5-7H,1-4H3,(H2,15,19,20). The first-order valence-electron chi connectivity index (χ1n) is 6.27. The monoisotopic (exact) mass is 328 g/mol. The number of rotatable bonds is 2. The number of halogens is 1. The molecule has 2 aromatic rings. The van der Waals surface area contributed by atoms with Crippen LogP contribution >= 0.6 is 11.6 Å². The molecule has 0 aliphatic rings. The van der Waals surface area contributed by atoms with Gasteiger partial charge in [-0.2, -0.15) is 0 Å². The summed E-state index contributed by atoms with van der Waals surface area (Å²) < 4.78 is 25.0. The Bertz CT molecular complexity index is 791. The highest BCUT2D eigenvalue weighted by Crippen LogP contribution is 2.31. The van der Waals surface area contributed by atoms with Gasteiger partial charge in [0.2, 0.25) is 0 Å². The molecule has 0 saturated heterocycles. The van der Waals surface area contributed by atoms with Crippen molar-refractivity contribution in [1.29, 1.82) is 0 Å². The normalized spacial score (nSPS) is 12.7. The van der Waals surface area contributed by atoms with Crippen molar-refractivity contribution in [3.63, 3.8) is 0 Å². The zero-order chi connectivity index (χ0) is 16.0. The fourth-order valence-electron chi connectivity index (χ4n) is 2.07. The molecule has 0 spiro atoms. The van der Waals surface area contributed by atoms with Gasteiger partial charge in [-0.25, -0.2) is 13.6 Å². The van der Waals surface area contributed by atoms with E-state index in [0.717, 1.165) is 11.1 Å². The van der Waals surface area contributed by atoms with Crippen LogP contribution < -0.4 is 5.14 Å². The van der Waals surface area contributed by atoms with Crippen LogP contribution in [0.15, 0.2) is 23.4 Å². The Kier molecular flexibility index (Phi) is 3.86. The van der Waals surface area contributed by atoms with E-state index < -0.39 is 15.6 Å². The molecule has 0 unspecified atom stereocenters. The van der Waals surface area contributed by atoms with Gasteiger partial charge in [-0.3, -0.25) is 4.57 Å². The van der Waals surface area contributed by atoms with Crippen LogP contribution in [0.1, 0.15) is 26.3 Å². The molecular formula is C13H17ClN4O2S. The second kappa shape index (κ2) is 5.08. The SMILES string of the molecule is Cc1ccc(Cl)cc1-c1nnc(S(N)(=O)=O)n1C(C)(C)C. The van der Waals surface area contributed by atoms with Gasteiger partial charge in [-0.15, -0.1) is 10.2 Å². The molecule has 1 heterocycles. The first kappa shape index (κ1) is 15.9. The van der Waals surface area contributed by atoms with Crippen molar-refractivity contribution < 1.29 is 8.42 Å². The van der Waals surface area contributed by atoms with Crippen molar-refractivity contribution in [2.24, 2.45) is 5.14 Å². The van der Waals surface area contributed by atoms with E-state index in [1.54, 1.807) is 12.1 Å². The zero-order valence-electron chi connectivity index (χ0n) is 12.3. The highest BCUT2D eigenvalue weighted by atomic mass is 35.5. The molecule has 0 saturated carbocycles. The summed E-state index contributed by atoms with van der Waals surface area (Å²) in [6, 6.07) is 5.34. The maximum atomic E-state index is 11.7. The molecule has 21 heavy (non-hydrogen) atoms. The minimum Gasteiger partial charge on any atom is -0.291 e. The van der Waals surface area contributed by atoms with E-state index in [-0.39, 0.29) is 5.16 Å². The molecule has 6 nitrogen and oxygen atoms in total. The first-order chi connectivity index (χ1) is 9.51. The summed E-state index contributed by atoms with van der Waals surface area (Å²) in [5.74, 6) is 0.423. The van der Waals surface area contributed by atoms with Gasteiger partial charge in [-0.05, 0) is 45.4 Å². The van der Waals surface area contributed by atoms with E-state index in [1.807, 2.05) is 33.8 Å². The van der Waals surface area contributed by atoms with E-state index in [2.05, 4.69) is 10.2 Å². The summed E-state index contributed by atoms with van der Waals surface area (Å²) in [6.45, 7) is 7.46. The van der Waals surface area contributed by atoms with Crippen LogP contribution in [0.25, 0.3) is 11.4 Å². The lowest BCUT2D eigenvalue weighted by Gasteiger charge is -2.24. The number of benzene rings is 1. The number of hydrogen-bond donors (Lipinski definition) is 1. The average Bonchev–Trinajstić information content (AvgIpc) is 2.76. The van der Waals surface area contributed by atoms with Crippen LogP contribution in [0.4, 0.5) is 0 Å². The van der Waals surface area contributed by atoms with Crippen molar-refractivity contribution in [1.82, 2.24) is 14.8 Å². The lowest BCUT2D eigenvalue weighted by molar-refractivity contribution is 0.366. The Hall–Kier alpha value is -1.44. The largest absolute Gasteiger partial charge is 0.291 e. The highest BCUT2D eigenvalue weighted by molar-refractivity contribution is 7.89. The fourth-order valence-corrected chi connectivity index (χ4v) is 3.01. The summed E-state index contributed by atoms with van der Waals surface area (Å²) in [5.41, 5.74) is 1.08. The third-order valence-electron chi connectivity index (χ3n) is 3.00. The van der Waals surface area contributed by atoms with Crippen molar-refractivity contribution in [2.45, 2.75) is 38.4 Å². The summed E-state index contributed by atoms with van der Waals surface area (Å²) >= 11 is 6.03. The second-order valence-electron chi connectivity index (χ2n) is 5.82. The lowest BCUT2D eigenvalue weighted by atomic mass is 10.1. The quantitative estimate of drug-likeness (QED) is 0.915. The van der Waals surface area contributed by atoms with Crippen LogP contribution in [0.2, 0.25) is 5.02 Å². The summed E-state index contributed by atoms with van der Waals surface area (Å²) in [6.07, 6.45) is 0. The molecule has 0 bridgehead atoms. The minimum atomic E-state index is -3.97. The summed E-state index contributed by atoms with van der Waals surface area (Å²) in [5, 5.41) is 13.3. The molecule has 114 valence electrons. The molecule has 1 aromatic carbocycles. The minimum absolute atomic E-state index is 0.260. The average molecular weight is 329 g/mol. The lowest BCUT2D eigenvalue weighted by Crippen LogP contribution is -2.29. The molecule has 0 aliphatic carbocycles. The van der Waals surface area contributed by atoms with Gasteiger partial charge in [0.15, 0.2) is 5.82 Å². The molecule has 0 amide bonds. The second-order valence-corrected chi connectivity index (χ2v) is 7.71. The van der Waals surface area contributed by atoms with E-state index in [9.17, 15) is 8.42 Å². The van der Waals surface area contributed by atoms with Gasteiger partial charge >= 0.3 is 0 Å². The number of nitrogens with two attached hydrogens (primary N) is 1. The van der Waals surface area contributed by atoms with Gasteiger partial charge in [-0.1, -0.05) is 17.7 Å². The molecule has 0 atom stereocenters. The number of primary sulfonamides is 1. The number of hydrogen-bond acceptors (Lipinski definition) is 4. The first-order valence-corrected chi connectivity index (χ1v) is 8.19. The van der Waals surface area contributed by atoms with Crippen LogP contribution in [0.3, 0.4) is 0 Å². The number of aryl methyl sites for hydroxylation is 1. The number of aromatic nitrogens is 3. The molecule has 0 aliphatic heterocycles. The van der Waals surface area contributed by atoms with Crippen molar-refractivity contribution in [3.05, 3.63) is 28.8 Å². The summed E-state index contributed by atoms with van der Waals surface area (Å²) in [7, 11) is -3.97. The van der Waals surface area contributed by atoms with Gasteiger partial charge in [0.05, 0.1) is 0 Å². The van der Waals surface area contributed by atoms with E-state index >= 15 is 0 Å². The predicted molar refractivity (Wildman–Crippen MR) is 81.6 cm³/mol. The molecule has 8 heteroatoms. The molecule has 2 N–H and O–H groups in total. The van der Waals surface area contributed by atoms with Gasteiger partial charge in [0, 0.05) is 16.1 Å². The van der Waals surface area contributed by atoms with Crippen molar-refractivity contribution >= 4 is 21.6 Å². The molecule has 0 fully saturated rings. The Labute approximate surface area is 129 Å². The third-order valence-corrected chi connectivity index (χ3v) is 4.01. The topological polar surface area (TPSA) is 90.9 Å². The smallest absolute Gasteiger partial charge is 0.273 e. The fraction of sp³-hybridized carbons (Fsp3) is 0.385. The van der Waals surface area contributed by atoms with Gasteiger partial charge < -0.3 is 0 Å². The van der Waals surface area contributed by atoms with E-state index in [4.69, 9.17) is 16.7 Å². The van der Waals surface area contributed by atoms with Crippen LogP contribution in [0.5, 0.6) is 0 Å².